The van der Waals surface area contributed by atoms with Gasteiger partial charge in [0.05, 0.1) is 11.7 Å². The van der Waals surface area contributed by atoms with Crippen LogP contribution in [-0.4, -0.2) is 58.7 Å². The fourth-order valence-electron chi connectivity index (χ4n) is 2.36. The lowest BCUT2D eigenvalue weighted by Gasteiger charge is -2.43. The molecule has 0 atom stereocenters. The van der Waals surface area contributed by atoms with Crippen molar-refractivity contribution >= 4 is 15.8 Å². The molecule has 0 radical (unpaired) electrons. The molecule has 22 heavy (non-hydrogen) atoms. The normalized spacial score (nSPS) is 16.1. The molecule has 1 fully saturated rings. The highest BCUT2D eigenvalue weighted by Gasteiger charge is 2.38. The molecule has 1 aliphatic heterocycles. The molecule has 8 nitrogen and oxygen atoms in total. The molecular weight excluding hydrogens is 304 g/mol. The highest BCUT2D eigenvalue weighted by Crippen LogP contribution is 2.24. The third-order valence-corrected chi connectivity index (χ3v) is 5.78. The quantitative estimate of drug-likeness (QED) is 0.789. The number of aryl methyl sites for hydroxylation is 2. The Labute approximate surface area is 129 Å². The zero-order chi connectivity index (χ0) is 15.9. The molecule has 9 heteroatoms. The van der Waals surface area contributed by atoms with Crippen molar-refractivity contribution in [2.45, 2.75) is 18.1 Å². The van der Waals surface area contributed by atoms with Crippen molar-refractivity contribution in [3.05, 3.63) is 30.2 Å². The molecule has 2 aromatic rings. The van der Waals surface area contributed by atoms with Crippen molar-refractivity contribution in [3.8, 4) is 0 Å². The summed E-state index contributed by atoms with van der Waals surface area (Å²) in [5.74, 6) is 0.768. The van der Waals surface area contributed by atoms with Gasteiger partial charge in [-0.25, -0.2) is 13.4 Å². The van der Waals surface area contributed by atoms with Gasteiger partial charge in [0.25, 0.3) is 10.0 Å². The molecule has 118 valence electrons. The highest BCUT2D eigenvalue weighted by atomic mass is 32.2. The predicted octanol–water partition coefficient (Wildman–Crippen LogP) is 0.0278. The van der Waals surface area contributed by atoms with Gasteiger partial charge in [-0.05, 0) is 19.1 Å². The van der Waals surface area contributed by atoms with Crippen LogP contribution in [0.25, 0.3) is 0 Å². The Hall–Kier alpha value is -2.00. The molecule has 2 aromatic heterocycles. The number of hydrogen-bond donors (Lipinski definition) is 0. The van der Waals surface area contributed by atoms with E-state index in [1.807, 2.05) is 24.0 Å². The summed E-state index contributed by atoms with van der Waals surface area (Å²) in [5.41, 5.74) is 0.857. The van der Waals surface area contributed by atoms with Crippen LogP contribution in [0.4, 0.5) is 5.82 Å². The number of anilines is 1. The van der Waals surface area contributed by atoms with Crippen LogP contribution in [0.5, 0.6) is 0 Å². The zero-order valence-corrected chi connectivity index (χ0v) is 13.5. The number of hydrogen-bond acceptors (Lipinski definition) is 6. The summed E-state index contributed by atoms with van der Waals surface area (Å²) in [6.07, 6.45) is 3.10. The maximum atomic E-state index is 12.5. The van der Waals surface area contributed by atoms with E-state index in [4.69, 9.17) is 0 Å². The van der Waals surface area contributed by atoms with Gasteiger partial charge in [-0.3, -0.25) is 0 Å². The van der Waals surface area contributed by atoms with Crippen LogP contribution in [0.3, 0.4) is 0 Å². The van der Waals surface area contributed by atoms with E-state index in [-0.39, 0.29) is 11.2 Å². The molecule has 3 heterocycles. The Morgan fingerprint density at radius 3 is 2.55 bits per heavy atom. The van der Waals surface area contributed by atoms with Gasteiger partial charge in [-0.1, -0.05) is 0 Å². The molecule has 0 aromatic carbocycles. The van der Waals surface area contributed by atoms with Crippen molar-refractivity contribution in [2.75, 3.05) is 25.0 Å². The maximum Gasteiger partial charge on any atom is 0.277 e. The molecule has 0 saturated carbocycles. The van der Waals surface area contributed by atoms with Crippen molar-refractivity contribution in [1.29, 1.82) is 0 Å². The monoisotopic (exact) mass is 322 g/mol. The van der Waals surface area contributed by atoms with Crippen molar-refractivity contribution in [1.82, 2.24) is 24.1 Å². The Bertz CT molecular complexity index is 764. The number of nitrogens with zero attached hydrogens (tertiary/aromatic N) is 6. The van der Waals surface area contributed by atoms with E-state index in [9.17, 15) is 8.42 Å². The average molecular weight is 322 g/mol. The fraction of sp³-hybridized carbons (Fsp3) is 0.462. The lowest BCUT2D eigenvalue weighted by atomic mass is 10.1. The maximum absolute atomic E-state index is 12.5. The zero-order valence-electron chi connectivity index (χ0n) is 12.7. The lowest BCUT2D eigenvalue weighted by molar-refractivity contribution is 0.306. The minimum atomic E-state index is -3.58. The summed E-state index contributed by atoms with van der Waals surface area (Å²) in [6, 6.07) is 3.69. The van der Waals surface area contributed by atoms with E-state index in [2.05, 4.69) is 15.2 Å². The Morgan fingerprint density at radius 1 is 1.27 bits per heavy atom. The van der Waals surface area contributed by atoms with Gasteiger partial charge in [-0.15, -0.1) is 5.10 Å². The molecule has 1 saturated heterocycles. The first-order valence-electron chi connectivity index (χ1n) is 6.90. The predicted molar refractivity (Wildman–Crippen MR) is 80.9 cm³/mol. The van der Waals surface area contributed by atoms with Gasteiger partial charge in [0.1, 0.15) is 0 Å². The standard InChI is InChI=1S/C13H18N6O2S/c1-10-4-5-12(16-15-10)19-8-11(9-19)18(3)22(20,21)13-14-6-7-17(13)2/h4-7,11H,8-9H2,1-3H3. The Balaban J connectivity index is 1.70. The first-order chi connectivity index (χ1) is 10.4. The van der Waals surface area contributed by atoms with Gasteiger partial charge in [0, 0.05) is 39.6 Å². The van der Waals surface area contributed by atoms with Crippen LogP contribution in [0, 0.1) is 6.92 Å². The van der Waals surface area contributed by atoms with Crippen molar-refractivity contribution in [2.24, 2.45) is 7.05 Å². The Morgan fingerprint density at radius 2 is 2.00 bits per heavy atom. The molecular formula is C13H18N6O2S. The van der Waals surface area contributed by atoms with E-state index < -0.39 is 10.0 Å². The number of likely N-dealkylation sites (N-methyl/N-ethyl adjacent to an activating group) is 1. The molecule has 0 N–H and O–H groups in total. The van der Waals surface area contributed by atoms with E-state index in [0.717, 1.165) is 11.5 Å². The van der Waals surface area contributed by atoms with Gasteiger partial charge in [0.2, 0.25) is 5.16 Å². The average Bonchev–Trinajstić information content (AvgIpc) is 2.86. The van der Waals surface area contributed by atoms with Crippen LogP contribution >= 0.6 is 0 Å². The third-order valence-electron chi connectivity index (χ3n) is 3.87. The summed E-state index contributed by atoms with van der Waals surface area (Å²) < 4.78 is 28.0. The fourth-order valence-corrected chi connectivity index (χ4v) is 3.76. The van der Waals surface area contributed by atoms with Crippen LogP contribution in [-0.2, 0) is 17.1 Å². The third kappa shape index (κ3) is 2.46. The second kappa shape index (κ2) is 5.33. The number of aromatic nitrogens is 4. The van der Waals surface area contributed by atoms with Crippen molar-refractivity contribution in [3.63, 3.8) is 0 Å². The number of sulfonamides is 1. The van der Waals surface area contributed by atoms with Crippen molar-refractivity contribution < 1.29 is 8.42 Å². The molecule has 0 unspecified atom stereocenters. The number of rotatable bonds is 4. The summed E-state index contributed by atoms with van der Waals surface area (Å²) in [6.45, 7) is 3.07. The highest BCUT2D eigenvalue weighted by molar-refractivity contribution is 7.89. The largest absolute Gasteiger partial charge is 0.352 e. The summed E-state index contributed by atoms with van der Waals surface area (Å²) >= 11 is 0. The molecule has 3 rings (SSSR count). The van der Waals surface area contributed by atoms with E-state index in [0.29, 0.717) is 13.1 Å². The van der Waals surface area contributed by atoms with Crippen LogP contribution in [0.15, 0.2) is 29.7 Å². The van der Waals surface area contributed by atoms with Crippen LogP contribution < -0.4 is 4.90 Å². The Kier molecular flexibility index (Phi) is 3.61. The lowest BCUT2D eigenvalue weighted by Crippen LogP contribution is -2.60. The SMILES string of the molecule is Cc1ccc(N2CC(N(C)S(=O)(=O)c3nccn3C)C2)nn1. The topological polar surface area (TPSA) is 84.2 Å². The smallest absolute Gasteiger partial charge is 0.277 e. The molecule has 0 spiro atoms. The first kappa shape index (κ1) is 14.9. The first-order valence-corrected chi connectivity index (χ1v) is 8.34. The van der Waals surface area contributed by atoms with Gasteiger partial charge < -0.3 is 9.47 Å². The van der Waals surface area contributed by atoms with E-state index >= 15 is 0 Å². The second-order valence-corrected chi connectivity index (χ2v) is 7.32. The molecule has 0 amide bonds. The van der Waals surface area contributed by atoms with E-state index in [1.165, 1.54) is 15.1 Å². The number of imidazole rings is 1. The van der Waals surface area contributed by atoms with Gasteiger partial charge in [0.15, 0.2) is 5.82 Å². The van der Waals surface area contributed by atoms with Gasteiger partial charge >= 0.3 is 0 Å². The van der Waals surface area contributed by atoms with Gasteiger partial charge in [-0.2, -0.15) is 9.40 Å². The minimum Gasteiger partial charge on any atom is -0.352 e. The molecule has 0 bridgehead atoms. The second-order valence-electron chi connectivity index (χ2n) is 5.43. The molecule has 1 aliphatic rings. The van der Waals surface area contributed by atoms with Crippen LogP contribution in [0.2, 0.25) is 0 Å². The summed E-state index contributed by atoms with van der Waals surface area (Å²) in [7, 11) is -0.317. The summed E-state index contributed by atoms with van der Waals surface area (Å²) in [5, 5.41) is 8.19. The van der Waals surface area contributed by atoms with Crippen LogP contribution in [0.1, 0.15) is 5.69 Å². The molecule has 0 aliphatic carbocycles. The van der Waals surface area contributed by atoms with E-state index in [1.54, 1.807) is 20.3 Å². The summed E-state index contributed by atoms with van der Waals surface area (Å²) in [4.78, 5) is 5.94. The minimum absolute atomic E-state index is 0.0589.